The van der Waals surface area contributed by atoms with Crippen molar-refractivity contribution >= 4 is 27.6 Å². The Hall–Kier alpha value is -2.71. The molecule has 0 spiro atoms. The second-order valence-electron chi connectivity index (χ2n) is 6.51. The smallest absolute Gasteiger partial charge is 0.307 e. The molecule has 7 nitrogen and oxygen atoms in total. The first kappa shape index (κ1) is 20.0. The highest BCUT2D eigenvalue weighted by Gasteiger charge is 2.15. The maximum absolute atomic E-state index is 12.0. The van der Waals surface area contributed by atoms with Crippen LogP contribution in [0.1, 0.15) is 24.0 Å². The summed E-state index contributed by atoms with van der Waals surface area (Å²) in [5.41, 5.74) is 3.22. The molecule has 8 heteroatoms. The van der Waals surface area contributed by atoms with Crippen LogP contribution in [0.15, 0.2) is 53.4 Å². The molecule has 0 saturated carbocycles. The number of hydrogen-bond donors (Lipinski definition) is 2. The zero-order chi connectivity index (χ0) is 20.0. The largest absolute Gasteiger partial charge is 0.456 e. The first-order chi connectivity index (χ1) is 13.4. The summed E-state index contributed by atoms with van der Waals surface area (Å²) in [5.74, 6) is -1.09. The third-order valence-electron chi connectivity index (χ3n) is 4.42. The zero-order valence-corrected chi connectivity index (χ0v) is 16.1. The lowest BCUT2D eigenvalue weighted by atomic mass is 10.1. The third kappa shape index (κ3) is 5.40. The van der Waals surface area contributed by atoms with E-state index in [2.05, 4.69) is 10.0 Å². The van der Waals surface area contributed by atoms with E-state index in [0.717, 1.165) is 19.3 Å². The van der Waals surface area contributed by atoms with Crippen LogP contribution >= 0.6 is 0 Å². The van der Waals surface area contributed by atoms with Gasteiger partial charge in [-0.15, -0.1) is 0 Å². The van der Waals surface area contributed by atoms with Gasteiger partial charge in [-0.05, 0) is 54.7 Å². The van der Waals surface area contributed by atoms with Gasteiger partial charge < -0.3 is 10.1 Å². The fraction of sp³-hybridized carbons (Fsp3) is 0.300. The van der Waals surface area contributed by atoms with Crippen LogP contribution in [0.25, 0.3) is 0 Å². The van der Waals surface area contributed by atoms with Crippen molar-refractivity contribution in [3.05, 3.63) is 59.7 Å². The fourth-order valence-electron chi connectivity index (χ4n) is 3.04. The van der Waals surface area contributed by atoms with Gasteiger partial charge in [-0.1, -0.05) is 24.3 Å². The number of anilines is 1. The summed E-state index contributed by atoms with van der Waals surface area (Å²) in [6, 6.07) is 13.6. The molecular formula is C20H22N2O5S. The van der Waals surface area contributed by atoms with E-state index >= 15 is 0 Å². The Labute approximate surface area is 164 Å². The van der Waals surface area contributed by atoms with Crippen molar-refractivity contribution in [3.8, 4) is 0 Å². The number of rotatable bonds is 8. The van der Waals surface area contributed by atoms with E-state index in [4.69, 9.17) is 4.74 Å². The van der Waals surface area contributed by atoms with Gasteiger partial charge >= 0.3 is 5.97 Å². The molecule has 2 N–H and O–H groups in total. The van der Waals surface area contributed by atoms with Gasteiger partial charge in [0.05, 0.1) is 11.3 Å². The Morgan fingerprint density at radius 2 is 1.75 bits per heavy atom. The molecule has 0 heterocycles. The standard InChI is InChI=1S/C20H22N2O5S/c23-19(22-17-10-9-15-5-4-6-16(15)13-17)14-27-20(24)11-12-21-28(25,26)18-7-2-1-3-8-18/h1-3,7-10,13,21H,4-6,11-12,14H2,(H,22,23). The van der Waals surface area contributed by atoms with Gasteiger partial charge in [0, 0.05) is 12.2 Å². The Morgan fingerprint density at radius 1 is 1.00 bits per heavy atom. The molecule has 0 unspecified atom stereocenters. The van der Waals surface area contributed by atoms with Gasteiger partial charge in [0.1, 0.15) is 0 Å². The highest BCUT2D eigenvalue weighted by molar-refractivity contribution is 7.89. The Balaban J connectivity index is 1.39. The van der Waals surface area contributed by atoms with E-state index < -0.39 is 28.5 Å². The van der Waals surface area contributed by atoms with Crippen LogP contribution in [0, 0.1) is 0 Å². The first-order valence-corrected chi connectivity index (χ1v) is 10.5. The van der Waals surface area contributed by atoms with Crippen molar-refractivity contribution in [2.75, 3.05) is 18.5 Å². The number of benzene rings is 2. The fourth-order valence-corrected chi connectivity index (χ4v) is 4.09. The van der Waals surface area contributed by atoms with Crippen LogP contribution in [-0.4, -0.2) is 33.4 Å². The van der Waals surface area contributed by atoms with E-state index in [1.807, 2.05) is 18.2 Å². The van der Waals surface area contributed by atoms with Gasteiger partial charge in [-0.25, -0.2) is 13.1 Å². The van der Waals surface area contributed by atoms with Gasteiger partial charge in [0.25, 0.3) is 5.91 Å². The van der Waals surface area contributed by atoms with E-state index in [0.29, 0.717) is 5.69 Å². The maximum atomic E-state index is 12.0. The third-order valence-corrected chi connectivity index (χ3v) is 5.90. The molecule has 1 aliphatic rings. The van der Waals surface area contributed by atoms with Crippen molar-refractivity contribution in [2.45, 2.75) is 30.6 Å². The Bertz CT molecular complexity index is 958. The van der Waals surface area contributed by atoms with Crippen molar-refractivity contribution < 1.29 is 22.7 Å². The molecule has 2 aromatic carbocycles. The monoisotopic (exact) mass is 402 g/mol. The van der Waals surface area contributed by atoms with E-state index in [1.54, 1.807) is 18.2 Å². The predicted octanol–water partition coefficient (Wildman–Crippen LogP) is 2.03. The molecule has 0 bridgehead atoms. The molecule has 0 fully saturated rings. The number of carbonyl (C=O) groups excluding carboxylic acids is 2. The van der Waals surface area contributed by atoms with Crippen LogP contribution in [0.2, 0.25) is 0 Å². The lowest BCUT2D eigenvalue weighted by Crippen LogP contribution is -2.27. The zero-order valence-electron chi connectivity index (χ0n) is 15.3. The molecule has 0 radical (unpaired) electrons. The lowest BCUT2D eigenvalue weighted by Gasteiger charge is -2.09. The number of hydrogen-bond acceptors (Lipinski definition) is 5. The van der Waals surface area contributed by atoms with Crippen LogP contribution in [-0.2, 0) is 37.2 Å². The summed E-state index contributed by atoms with van der Waals surface area (Å²) in [6.45, 7) is -0.524. The number of sulfonamides is 1. The first-order valence-electron chi connectivity index (χ1n) is 9.06. The number of amides is 1. The molecule has 3 rings (SSSR count). The Kier molecular flexibility index (Phi) is 6.43. The number of nitrogens with one attached hydrogen (secondary N) is 2. The second-order valence-corrected chi connectivity index (χ2v) is 8.27. The highest BCUT2D eigenvalue weighted by atomic mass is 32.2. The Morgan fingerprint density at radius 3 is 2.54 bits per heavy atom. The number of carbonyl (C=O) groups is 2. The number of ether oxygens (including phenoxy) is 1. The number of fused-ring (bicyclic) bond motifs is 1. The summed E-state index contributed by atoms with van der Waals surface area (Å²) in [6.07, 6.45) is 3.03. The summed E-state index contributed by atoms with van der Waals surface area (Å²) >= 11 is 0. The second kappa shape index (κ2) is 8.99. The molecule has 1 aliphatic carbocycles. The highest BCUT2D eigenvalue weighted by Crippen LogP contribution is 2.24. The van der Waals surface area contributed by atoms with Gasteiger partial charge in [0.2, 0.25) is 10.0 Å². The van der Waals surface area contributed by atoms with Crippen LogP contribution in [0.4, 0.5) is 5.69 Å². The van der Waals surface area contributed by atoms with Crippen LogP contribution in [0.3, 0.4) is 0 Å². The van der Waals surface area contributed by atoms with E-state index in [1.165, 1.54) is 23.3 Å². The molecule has 148 valence electrons. The quantitative estimate of drug-likeness (QED) is 0.658. The summed E-state index contributed by atoms with van der Waals surface area (Å²) in [4.78, 5) is 23.8. The van der Waals surface area contributed by atoms with Crippen LogP contribution < -0.4 is 10.0 Å². The average molecular weight is 402 g/mol. The summed E-state index contributed by atoms with van der Waals surface area (Å²) < 4.78 is 31.3. The van der Waals surface area contributed by atoms with Crippen molar-refractivity contribution in [1.29, 1.82) is 0 Å². The molecular weight excluding hydrogens is 380 g/mol. The minimum Gasteiger partial charge on any atom is -0.456 e. The molecule has 1 amide bonds. The molecule has 28 heavy (non-hydrogen) atoms. The average Bonchev–Trinajstić information content (AvgIpc) is 3.15. The molecule has 2 aromatic rings. The van der Waals surface area contributed by atoms with Crippen molar-refractivity contribution in [3.63, 3.8) is 0 Å². The minimum absolute atomic E-state index is 0.109. The van der Waals surface area contributed by atoms with Gasteiger partial charge in [-0.3, -0.25) is 9.59 Å². The van der Waals surface area contributed by atoms with Crippen molar-refractivity contribution in [1.82, 2.24) is 4.72 Å². The molecule has 0 aliphatic heterocycles. The molecule has 0 aromatic heterocycles. The number of esters is 1. The summed E-state index contributed by atoms with van der Waals surface area (Å²) in [7, 11) is -3.67. The molecule has 0 atom stereocenters. The van der Waals surface area contributed by atoms with Gasteiger partial charge in [-0.2, -0.15) is 0 Å². The lowest BCUT2D eigenvalue weighted by molar-refractivity contribution is -0.147. The van der Waals surface area contributed by atoms with Gasteiger partial charge in [0.15, 0.2) is 6.61 Å². The maximum Gasteiger partial charge on any atom is 0.307 e. The normalized spacial score (nSPS) is 13.0. The predicted molar refractivity (Wildman–Crippen MR) is 104 cm³/mol. The molecule has 0 saturated heterocycles. The van der Waals surface area contributed by atoms with E-state index in [9.17, 15) is 18.0 Å². The van der Waals surface area contributed by atoms with Crippen LogP contribution in [0.5, 0.6) is 0 Å². The minimum atomic E-state index is -3.67. The SMILES string of the molecule is O=C(COC(=O)CCNS(=O)(=O)c1ccccc1)Nc1ccc2c(c1)CCC2. The van der Waals surface area contributed by atoms with Crippen molar-refractivity contribution in [2.24, 2.45) is 0 Å². The topological polar surface area (TPSA) is 102 Å². The van der Waals surface area contributed by atoms with E-state index in [-0.39, 0.29) is 17.9 Å². The summed E-state index contributed by atoms with van der Waals surface area (Å²) in [5, 5.41) is 2.70. The number of aryl methyl sites for hydroxylation is 2.